The predicted molar refractivity (Wildman–Crippen MR) is 76.4 cm³/mol. The monoisotopic (exact) mass is 269 g/mol. The number of hydrogen-bond acceptors (Lipinski definition) is 4. The van der Waals surface area contributed by atoms with Crippen LogP contribution in [-0.2, 0) is 11.3 Å². The van der Waals surface area contributed by atoms with Gasteiger partial charge in [-0.25, -0.2) is 0 Å². The molecule has 1 aliphatic rings. The molecule has 1 aliphatic heterocycles. The lowest BCUT2D eigenvalue weighted by Gasteiger charge is -2.33. The molecule has 5 heteroatoms. The number of nitrogens with zero attached hydrogens (tertiary/aromatic N) is 2. The predicted octanol–water partition coefficient (Wildman–Crippen LogP) is 1.98. The number of aromatic nitrogens is 1. The molecule has 2 heterocycles. The molecule has 1 amide bonds. The van der Waals surface area contributed by atoms with Gasteiger partial charge in [0.05, 0.1) is 12.2 Å². The number of rotatable bonds is 2. The topological polar surface area (TPSA) is 68.5 Å². The van der Waals surface area contributed by atoms with Crippen molar-refractivity contribution in [3.8, 4) is 5.75 Å². The first-order chi connectivity index (χ1) is 9.66. The fourth-order valence-corrected chi connectivity index (χ4v) is 2.32. The van der Waals surface area contributed by atoms with Gasteiger partial charge in [0.2, 0.25) is 0 Å². The number of anilines is 2. The largest absolute Gasteiger partial charge is 0.479 e. The number of pyridine rings is 1. The van der Waals surface area contributed by atoms with E-state index in [2.05, 4.69) is 4.98 Å². The average Bonchev–Trinajstić information content (AvgIpc) is 2.45. The van der Waals surface area contributed by atoms with E-state index in [1.807, 2.05) is 24.3 Å². The molecule has 102 valence electrons. The minimum atomic E-state index is -0.508. The van der Waals surface area contributed by atoms with Gasteiger partial charge in [0.25, 0.3) is 5.91 Å². The number of benzene rings is 1. The van der Waals surface area contributed by atoms with Crippen molar-refractivity contribution in [1.29, 1.82) is 0 Å². The summed E-state index contributed by atoms with van der Waals surface area (Å²) in [6.45, 7) is 2.20. The summed E-state index contributed by atoms with van der Waals surface area (Å²) in [5.41, 5.74) is 8.19. The van der Waals surface area contributed by atoms with Crippen LogP contribution in [0.1, 0.15) is 12.5 Å². The second-order valence-corrected chi connectivity index (χ2v) is 4.73. The lowest BCUT2D eigenvalue weighted by molar-refractivity contribution is -0.125. The van der Waals surface area contributed by atoms with Crippen LogP contribution in [0.4, 0.5) is 11.4 Å². The van der Waals surface area contributed by atoms with E-state index in [0.717, 1.165) is 5.56 Å². The number of ether oxygens (including phenoxy) is 1. The van der Waals surface area contributed by atoms with Crippen molar-refractivity contribution in [2.45, 2.75) is 19.6 Å². The number of carbonyl (C=O) groups excluding carboxylic acids is 1. The van der Waals surface area contributed by atoms with Crippen LogP contribution >= 0.6 is 0 Å². The smallest absolute Gasteiger partial charge is 0.268 e. The van der Waals surface area contributed by atoms with Crippen molar-refractivity contribution in [2.75, 3.05) is 10.6 Å². The Morgan fingerprint density at radius 3 is 2.80 bits per heavy atom. The first-order valence-corrected chi connectivity index (χ1v) is 6.42. The van der Waals surface area contributed by atoms with Crippen LogP contribution in [0.25, 0.3) is 0 Å². The Bertz CT molecular complexity index is 643. The average molecular weight is 269 g/mol. The molecule has 0 saturated carbocycles. The van der Waals surface area contributed by atoms with E-state index < -0.39 is 6.10 Å². The molecule has 0 fully saturated rings. The van der Waals surface area contributed by atoms with Gasteiger partial charge < -0.3 is 10.5 Å². The van der Waals surface area contributed by atoms with E-state index in [0.29, 0.717) is 23.7 Å². The van der Waals surface area contributed by atoms with Crippen molar-refractivity contribution < 1.29 is 9.53 Å². The van der Waals surface area contributed by atoms with Gasteiger partial charge in [-0.3, -0.25) is 14.7 Å². The zero-order chi connectivity index (χ0) is 14.1. The third-order valence-electron chi connectivity index (χ3n) is 3.31. The quantitative estimate of drug-likeness (QED) is 0.846. The first-order valence-electron chi connectivity index (χ1n) is 6.42. The number of nitrogens with two attached hydrogens (primary N) is 1. The molecule has 0 spiro atoms. The fraction of sp³-hybridized carbons (Fsp3) is 0.200. The number of hydrogen-bond donors (Lipinski definition) is 1. The Hall–Kier alpha value is -2.56. The number of carbonyl (C=O) groups is 1. The highest BCUT2D eigenvalue weighted by Crippen LogP contribution is 2.39. The number of nitrogen functional groups attached to an aromatic ring is 1. The third-order valence-corrected chi connectivity index (χ3v) is 3.31. The second-order valence-electron chi connectivity index (χ2n) is 4.73. The van der Waals surface area contributed by atoms with E-state index in [1.165, 1.54) is 0 Å². The second kappa shape index (κ2) is 4.85. The maximum atomic E-state index is 12.4. The maximum Gasteiger partial charge on any atom is 0.268 e. The van der Waals surface area contributed by atoms with Crippen molar-refractivity contribution >= 4 is 17.3 Å². The standard InChI is InChI=1S/C15H15N3O2/c1-10-15(19)18(9-11-5-7-17-8-6-11)14-12(16)3-2-4-13(14)20-10/h2-8,10H,9,16H2,1H3. The van der Waals surface area contributed by atoms with Gasteiger partial charge in [-0.05, 0) is 36.8 Å². The number of fused-ring (bicyclic) bond motifs is 1. The van der Waals surface area contributed by atoms with Gasteiger partial charge in [0.1, 0.15) is 11.4 Å². The Morgan fingerprint density at radius 1 is 1.30 bits per heavy atom. The molecule has 1 unspecified atom stereocenters. The van der Waals surface area contributed by atoms with Crippen molar-refractivity contribution in [2.24, 2.45) is 0 Å². The summed E-state index contributed by atoms with van der Waals surface area (Å²) in [5.74, 6) is 0.554. The molecule has 0 radical (unpaired) electrons. The van der Waals surface area contributed by atoms with Gasteiger partial charge in [0.15, 0.2) is 6.10 Å². The molecule has 1 atom stereocenters. The van der Waals surface area contributed by atoms with Crippen LogP contribution in [0.3, 0.4) is 0 Å². The lowest BCUT2D eigenvalue weighted by atomic mass is 10.1. The van der Waals surface area contributed by atoms with Crippen LogP contribution in [0, 0.1) is 0 Å². The molecule has 2 N–H and O–H groups in total. The molecule has 0 aliphatic carbocycles. The summed E-state index contributed by atoms with van der Waals surface area (Å²) in [4.78, 5) is 18.0. The highest BCUT2D eigenvalue weighted by atomic mass is 16.5. The van der Waals surface area contributed by atoms with Crippen molar-refractivity contribution in [3.63, 3.8) is 0 Å². The van der Waals surface area contributed by atoms with Gasteiger partial charge in [-0.15, -0.1) is 0 Å². The summed E-state index contributed by atoms with van der Waals surface area (Å²) in [6.07, 6.45) is 2.91. The van der Waals surface area contributed by atoms with E-state index in [4.69, 9.17) is 10.5 Å². The molecule has 2 aromatic rings. The maximum absolute atomic E-state index is 12.4. The van der Waals surface area contributed by atoms with Crippen LogP contribution in [0.5, 0.6) is 5.75 Å². The number of para-hydroxylation sites is 1. The zero-order valence-corrected chi connectivity index (χ0v) is 11.1. The summed E-state index contributed by atoms with van der Waals surface area (Å²) in [6, 6.07) is 9.18. The minimum absolute atomic E-state index is 0.0905. The van der Waals surface area contributed by atoms with Gasteiger partial charge >= 0.3 is 0 Å². The van der Waals surface area contributed by atoms with Gasteiger partial charge in [-0.2, -0.15) is 0 Å². The van der Waals surface area contributed by atoms with Crippen molar-refractivity contribution in [1.82, 2.24) is 4.98 Å². The van der Waals surface area contributed by atoms with Crippen LogP contribution in [0.2, 0.25) is 0 Å². The Balaban J connectivity index is 2.03. The van der Waals surface area contributed by atoms with Crippen LogP contribution in [0.15, 0.2) is 42.7 Å². The molecular weight excluding hydrogens is 254 g/mol. The van der Waals surface area contributed by atoms with Crippen LogP contribution in [-0.4, -0.2) is 17.0 Å². The molecule has 1 aromatic heterocycles. The molecule has 3 rings (SSSR count). The minimum Gasteiger partial charge on any atom is -0.479 e. The molecule has 0 bridgehead atoms. The normalized spacial score (nSPS) is 17.6. The van der Waals surface area contributed by atoms with E-state index in [1.54, 1.807) is 30.3 Å². The summed E-state index contributed by atoms with van der Waals surface area (Å²) in [7, 11) is 0. The van der Waals surface area contributed by atoms with Gasteiger partial charge in [-0.1, -0.05) is 6.07 Å². The summed E-state index contributed by atoms with van der Waals surface area (Å²) in [5, 5.41) is 0. The molecule has 1 aromatic carbocycles. The highest BCUT2D eigenvalue weighted by molar-refractivity contribution is 6.02. The highest BCUT2D eigenvalue weighted by Gasteiger charge is 2.32. The Labute approximate surface area is 117 Å². The Morgan fingerprint density at radius 2 is 2.05 bits per heavy atom. The van der Waals surface area contributed by atoms with E-state index in [9.17, 15) is 4.79 Å². The van der Waals surface area contributed by atoms with E-state index >= 15 is 0 Å². The van der Waals surface area contributed by atoms with Crippen molar-refractivity contribution in [3.05, 3.63) is 48.3 Å². The van der Waals surface area contributed by atoms with E-state index in [-0.39, 0.29) is 5.91 Å². The zero-order valence-electron chi connectivity index (χ0n) is 11.1. The Kier molecular flexibility index (Phi) is 3.02. The summed E-state index contributed by atoms with van der Waals surface area (Å²) < 4.78 is 5.61. The molecular formula is C15H15N3O2. The molecule has 5 nitrogen and oxygen atoms in total. The third kappa shape index (κ3) is 2.07. The van der Waals surface area contributed by atoms with Gasteiger partial charge in [0, 0.05) is 12.4 Å². The molecule has 20 heavy (non-hydrogen) atoms. The number of amides is 1. The van der Waals surface area contributed by atoms with Crippen LogP contribution < -0.4 is 15.4 Å². The summed E-state index contributed by atoms with van der Waals surface area (Å²) >= 11 is 0. The first kappa shape index (κ1) is 12.5. The molecule has 0 saturated heterocycles. The fourth-order valence-electron chi connectivity index (χ4n) is 2.32. The lowest BCUT2D eigenvalue weighted by Crippen LogP contribution is -2.44. The SMILES string of the molecule is CC1Oc2cccc(N)c2N(Cc2ccncc2)C1=O.